The van der Waals surface area contributed by atoms with Gasteiger partial charge in [-0.15, -0.1) is 0 Å². The summed E-state index contributed by atoms with van der Waals surface area (Å²) in [6.07, 6.45) is 2.24. The van der Waals surface area contributed by atoms with Crippen LogP contribution < -0.4 is 20.3 Å². The molecular weight excluding hydrogens is 596 g/mol. The van der Waals surface area contributed by atoms with Crippen LogP contribution in [0.25, 0.3) is 0 Å². The van der Waals surface area contributed by atoms with Gasteiger partial charge in [-0.3, -0.25) is 4.90 Å². The maximum absolute atomic E-state index is 14.8. The number of nitrogens with zero attached hydrogens (tertiary/aromatic N) is 5. The van der Waals surface area contributed by atoms with E-state index in [0.29, 0.717) is 25.4 Å². The van der Waals surface area contributed by atoms with Crippen molar-refractivity contribution in [2.45, 2.75) is 38.3 Å². The van der Waals surface area contributed by atoms with Crippen molar-refractivity contribution in [3.63, 3.8) is 0 Å². The molecule has 6 rings (SSSR count). The molecule has 4 aromatic rings. The van der Waals surface area contributed by atoms with Crippen LogP contribution in [0.3, 0.4) is 0 Å². The van der Waals surface area contributed by atoms with Crippen molar-refractivity contribution in [1.29, 1.82) is 0 Å². The molecule has 3 aromatic carbocycles. The molecule has 2 saturated heterocycles. The van der Waals surface area contributed by atoms with Crippen LogP contribution >= 0.6 is 0 Å². The van der Waals surface area contributed by atoms with Crippen LogP contribution in [0.5, 0.6) is 5.75 Å². The summed E-state index contributed by atoms with van der Waals surface area (Å²) in [6, 6.07) is 19.0. The highest BCUT2D eigenvalue weighted by Crippen LogP contribution is 2.37. The zero-order valence-electron chi connectivity index (χ0n) is 25.7. The molecule has 0 bridgehead atoms. The van der Waals surface area contributed by atoms with Crippen LogP contribution in [-0.4, -0.2) is 77.6 Å². The third-order valence-electron chi connectivity index (χ3n) is 8.01. The largest absolute Gasteiger partial charge is 0.488 e. The molecule has 2 aliphatic heterocycles. The van der Waals surface area contributed by atoms with Crippen molar-refractivity contribution >= 4 is 23.1 Å². The maximum atomic E-state index is 14.8. The highest BCUT2D eigenvalue weighted by atomic mass is 19.1. The second kappa shape index (κ2) is 13.7. The number of carbonyl (C=O) groups is 1. The van der Waals surface area contributed by atoms with Crippen molar-refractivity contribution in [2.75, 3.05) is 54.9 Å². The monoisotopic (exact) mass is 633 g/mol. The fraction of sp³-hybridized carbons (Fsp3) is 0.364. The number of amides is 2. The van der Waals surface area contributed by atoms with Crippen LogP contribution in [-0.2, 0) is 21.6 Å². The smallest absolute Gasteiger partial charge is 0.324 e. The van der Waals surface area contributed by atoms with Gasteiger partial charge in [-0.2, -0.15) is 15.0 Å². The lowest BCUT2D eigenvalue weighted by Crippen LogP contribution is -2.37. The molecule has 2 amide bonds. The Morgan fingerprint density at radius 2 is 1.63 bits per heavy atom. The molecule has 2 atom stereocenters. The molecule has 2 aliphatic rings. The van der Waals surface area contributed by atoms with Gasteiger partial charge in [0.15, 0.2) is 6.29 Å². The zero-order chi connectivity index (χ0) is 32.1. The minimum absolute atomic E-state index is 0.0152. The van der Waals surface area contributed by atoms with Crippen LogP contribution in [0.15, 0.2) is 79.1 Å². The lowest BCUT2D eigenvalue weighted by Gasteiger charge is -2.27. The predicted molar refractivity (Wildman–Crippen MR) is 169 cm³/mol. The van der Waals surface area contributed by atoms with E-state index in [2.05, 4.69) is 20.8 Å². The molecule has 2 N–H and O–H groups in total. The fourth-order valence-electron chi connectivity index (χ4n) is 5.63. The predicted octanol–water partition coefficient (Wildman–Crippen LogP) is 5.08. The Hall–Kier alpha value is -4.75. The van der Waals surface area contributed by atoms with Gasteiger partial charge in [-0.05, 0) is 68.4 Å². The molecule has 46 heavy (non-hydrogen) atoms. The van der Waals surface area contributed by atoms with Crippen molar-refractivity contribution in [3.05, 3.63) is 96.3 Å². The van der Waals surface area contributed by atoms with Crippen molar-refractivity contribution in [3.8, 4) is 5.75 Å². The van der Waals surface area contributed by atoms with Crippen LogP contribution in [0, 0.1) is 11.6 Å². The number of ether oxygens (including phenoxy) is 3. The number of urea groups is 1. The van der Waals surface area contributed by atoms with E-state index in [9.17, 15) is 13.6 Å². The summed E-state index contributed by atoms with van der Waals surface area (Å²) in [5, 5.41) is 15.0. The normalized spacial score (nSPS) is 19.7. The van der Waals surface area contributed by atoms with Gasteiger partial charge < -0.3 is 29.7 Å². The first-order valence-electron chi connectivity index (χ1n) is 15.3. The summed E-state index contributed by atoms with van der Waals surface area (Å²) >= 11 is 0. The minimum atomic E-state index is -1.25. The van der Waals surface area contributed by atoms with Crippen molar-refractivity contribution < 1.29 is 27.8 Å². The summed E-state index contributed by atoms with van der Waals surface area (Å²) in [4.78, 5) is 17.7. The number of halogens is 2. The van der Waals surface area contributed by atoms with E-state index in [0.717, 1.165) is 29.7 Å². The van der Waals surface area contributed by atoms with Gasteiger partial charge in [0.1, 0.15) is 29.6 Å². The van der Waals surface area contributed by atoms with E-state index in [1.807, 2.05) is 72.2 Å². The molecule has 13 heteroatoms. The summed E-state index contributed by atoms with van der Waals surface area (Å²) in [5.41, 5.74) is 1.71. The van der Waals surface area contributed by atoms with Gasteiger partial charge >= 0.3 is 6.03 Å². The summed E-state index contributed by atoms with van der Waals surface area (Å²) in [5.74, 6) is -0.798. The summed E-state index contributed by atoms with van der Waals surface area (Å²) in [7, 11) is 0. The number of aromatic nitrogens is 3. The van der Waals surface area contributed by atoms with E-state index in [1.165, 1.54) is 29.3 Å². The van der Waals surface area contributed by atoms with Gasteiger partial charge in [0.05, 0.1) is 25.5 Å². The number of anilines is 3. The average molecular weight is 634 g/mol. The van der Waals surface area contributed by atoms with Gasteiger partial charge in [-0.1, -0.05) is 6.07 Å². The number of hydrogen-bond acceptors (Lipinski definition) is 8. The third-order valence-corrected chi connectivity index (χ3v) is 8.01. The zero-order valence-corrected chi connectivity index (χ0v) is 25.7. The Morgan fingerprint density at radius 3 is 2.26 bits per heavy atom. The third kappa shape index (κ3) is 7.05. The second-order valence-corrected chi connectivity index (χ2v) is 11.5. The van der Waals surface area contributed by atoms with Crippen LogP contribution in [0.4, 0.5) is 30.6 Å². The molecule has 242 valence electrons. The Kier molecular flexibility index (Phi) is 9.31. The Balaban J connectivity index is 0.955. The lowest BCUT2D eigenvalue weighted by molar-refractivity contribution is -0.117. The molecule has 11 nitrogen and oxygen atoms in total. The highest BCUT2D eigenvalue weighted by molar-refractivity contribution is 5.94. The van der Waals surface area contributed by atoms with E-state index in [4.69, 9.17) is 14.2 Å². The quantitative estimate of drug-likeness (QED) is 0.197. The number of carbonyl (C=O) groups excluding carboxylic acids is 1. The Morgan fingerprint density at radius 1 is 0.957 bits per heavy atom. The first-order valence-corrected chi connectivity index (χ1v) is 15.3. The SMILES string of the molecule is CC(C)N1CCN(c2ccc(NCCNc3ccc(OC[C@H]4OC[C@](Cn5nccn5)(c5ccc(F)cc5F)O4)cc3)cc2)C1=O. The van der Waals surface area contributed by atoms with E-state index >= 15 is 0 Å². The first-order chi connectivity index (χ1) is 22.3. The molecule has 0 saturated carbocycles. The molecular formula is C33H37F2N7O4. The Bertz CT molecular complexity index is 1610. The van der Waals surface area contributed by atoms with E-state index in [1.54, 1.807) is 0 Å². The van der Waals surface area contributed by atoms with E-state index in [-0.39, 0.29) is 37.4 Å². The van der Waals surface area contributed by atoms with Crippen LogP contribution in [0.2, 0.25) is 0 Å². The van der Waals surface area contributed by atoms with Crippen molar-refractivity contribution in [1.82, 2.24) is 19.9 Å². The number of nitrogens with one attached hydrogen (secondary N) is 2. The lowest BCUT2D eigenvalue weighted by atomic mass is 9.94. The topological polar surface area (TPSA) is 106 Å². The van der Waals surface area contributed by atoms with Crippen LogP contribution in [0.1, 0.15) is 19.4 Å². The van der Waals surface area contributed by atoms with E-state index < -0.39 is 23.5 Å². The molecule has 0 spiro atoms. The van der Waals surface area contributed by atoms with Gasteiger partial charge in [0.2, 0.25) is 0 Å². The molecule has 0 unspecified atom stereocenters. The minimum Gasteiger partial charge on any atom is -0.488 e. The van der Waals surface area contributed by atoms with Gasteiger partial charge in [0.25, 0.3) is 0 Å². The average Bonchev–Trinajstić information content (AvgIpc) is 3.80. The molecule has 1 aromatic heterocycles. The first kappa shape index (κ1) is 31.2. The number of benzene rings is 3. The molecule has 3 heterocycles. The summed E-state index contributed by atoms with van der Waals surface area (Å²) in [6.45, 7) is 7.04. The fourth-order valence-corrected chi connectivity index (χ4v) is 5.63. The highest BCUT2D eigenvalue weighted by Gasteiger charge is 2.46. The maximum Gasteiger partial charge on any atom is 0.324 e. The van der Waals surface area contributed by atoms with Crippen molar-refractivity contribution in [2.24, 2.45) is 0 Å². The van der Waals surface area contributed by atoms with Gasteiger partial charge in [0, 0.05) is 60.9 Å². The molecule has 0 aliphatic carbocycles. The van der Waals surface area contributed by atoms with Gasteiger partial charge in [-0.25, -0.2) is 13.6 Å². The number of hydrogen-bond donors (Lipinski definition) is 2. The molecule has 2 fully saturated rings. The molecule has 0 radical (unpaired) electrons. The Labute approximate surface area is 266 Å². The number of rotatable bonds is 13. The standard InChI is InChI=1S/C33H37F2N7O4/c1-23(2)40-17-18-41(32(40)43)27-8-4-25(5-9-27)36-13-14-37-26-6-10-28(11-7-26)44-20-31-45-22-33(46-31,21-42-38-15-16-39-42)29-12-3-24(34)19-30(29)35/h3-12,15-16,19,23,31,36-37H,13-14,17-18,20-22H2,1-2H3/t31-,33+/m0/s1. The second-order valence-electron chi connectivity index (χ2n) is 11.5. The summed E-state index contributed by atoms with van der Waals surface area (Å²) < 4.78 is 46.4.